The second-order valence-corrected chi connectivity index (χ2v) is 6.34. The molecule has 0 radical (unpaired) electrons. The van der Waals surface area contributed by atoms with Gasteiger partial charge in [-0.25, -0.2) is 4.39 Å². The quantitative estimate of drug-likeness (QED) is 0.902. The highest BCUT2D eigenvalue weighted by Crippen LogP contribution is 2.34. The van der Waals surface area contributed by atoms with Gasteiger partial charge in [-0.1, -0.05) is 12.5 Å². The van der Waals surface area contributed by atoms with Crippen molar-refractivity contribution in [3.63, 3.8) is 0 Å². The molecule has 0 aromatic heterocycles. The molecule has 2 N–H and O–H groups in total. The highest BCUT2D eigenvalue weighted by atomic mass is 19.1. The maximum absolute atomic E-state index is 13.2. The van der Waals surface area contributed by atoms with Gasteiger partial charge in [0.1, 0.15) is 5.82 Å². The Morgan fingerprint density at radius 3 is 2.73 bits per heavy atom. The standard InChI is InChI=1S/C17H20FNO3/c18-13-5-6-14-10(9-13)4-7-15(14)19-16(20)11-2-1-3-12(8-11)17(21)22/h5-6,9,11-12,15H,1-4,7-8H2,(H,19,20)(H,21,22). The second-order valence-electron chi connectivity index (χ2n) is 6.34. The van der Waals surface area contributed by atoms with Gasteiger partial charge in [0.15, 0.2) is 0 Å². The lowest BCUT2D eigenvalue weighted by Gasteiger charge is -2.27. The van der Waals surface area contributed by atoms with E-state index in [1.54, 1.807) is 6.07 Å². The zero-order valence-corrected chi connectivity index (χ0v) is 12.3. The number of carbonyl (C=O) groups excluding carboxylic acids is 1. The molecule has 4 nitrogen and oxygen atoms in total. The first kappa shape index (κ1) is 15.0. The Kier molecular flexibility index (Phi) is 4.14. The van der Waals surface area contributed by atoms with Crippen LogP contribution < -0.4 is 5.32 Å². The Balaban J connectivity index is 1.65. The van der Waals surface area contributed by atoms with E-state index in [1.165, 1.54) is 12.1 Å². The summed E-state index contributed by atoms with van der Waals surface area (Å²) in [5.74, 6) is -1.75. The molecule has 1 aromatic rings. The fourth-order valence-corrected chi connectivity index (χ4v) is 3.68. The van der Waals surface area contributed by atoms with Crippen LogP contribution in [0.5, 0.6) is 0 Å². The second kappa shape index (κ2) is 6.07. The summed E-state index contributed by atoms with van der Waals surface area (Å²) >= 11 is 0. The zero-order chi connectivity index (χ0) is 15.7. The molecule has 0 bridgehead atoms. The number of nitrogens with one attached hydrogen (secondary N) is 1. The van der Waals surface area contributed by atoms with Crippen LogP contribution in [-0.4, -0.2) is 17.0 Å². The van der Waals surface area contributed by atoms with Crippen molar-refractivity contribution in [2.24, 2.45) is 11.8 Å². The predicted molar refractivity (Wildman–Crippen MR) is 78.7 cm³/mol. The van der Waals surface area contributed by atoms with Crippen molar-refractivity contribution in [2.45, 2.75) is 44.6 Å². The number of hydrogen-bond acceptors (Lipinski definition) is 2. The van der Waals surface area contributed by atoms with Gasteiger partial charge >= 0.3 is 5.97 Å². The first-order chi connectivity index (χ1) is 10.5. The number of halogens is 1. The highest BCUT2D eigenvalue weighted by Gasteiger charge is 2.33. The summed E-state index contributed by atoms with van der Waals surface area (Å²) in [5, 5.41) is 12.1. The first-order valence-electron chi connectivity index (χ1n) is 7.86. The van der Waals surface area contributed by atoms with Crippen molar-refractivity contribution < 1.29 is 19.1 Å². The minimum absolute atomic E-state index is 0.0619. The van der Waals surface area contributed by atoms with E-state index < -0.39 is 11.9 Å². The molecule has 0 heterocycles. The molecule has 1 aromatic carbocycles. The molecular formula is C17H20FNO3. The van der Waals surface area contributed by atoms with Crippen molar-refractivity contribution in [1.29, 1.82) is 0 Å². The summed E-state index contributed by atoms with van der Waals surface area (Å²) in [4.78, 5) is 23.5. The average Bonchev–Trinajstić information content (AvgIpc) is 2.89. The fourth-order valence-electron chi connectivity index (χ4n) is 3.68. The lowest BCUT2D eigenvalue weighted by Crippen LogP contribution is -2.37. The summed E-state index contributed by atoms with van der Waals surface area (Å²) in [6, 6.07) is 4.62. The molecule has 3 atom stereocenters. The van der Waals surface area contributed by atoms with Crippen LogP contribution >= 0.6 is 0 Å². The summed E-state index contributed by atoms with van der Waals surface area (Å²) in [6.45, 7) is 0. The normalized spacial score (nSPS) is 27.2. The number of hydrogen-bond donors (Lipinski definition) is 2. The van der Waals surface area contributed by atoms with E-state index in [2.05, 4.69) is 5.32 Å². The molecule has 0 spiro atoms. The van der Waals surface area contributed by atoms with Crippen LogP contribution in [0.15, 0.2) is 18.2 Å². The van der Waals surface area contributed by atoms with Crippen molar-refractivity contribution in [1.82, 2.24) is 5.32 Å². The molecular weight excluding hydrogens is 285 g/mol. The molecule has 1 amide bonds. The minimum Gasteiger partial charge on any atom is -0.481 e. The van der Waals surface area contributed by atoms with Gasteiger partial charge in [0.25, 0.3) is 0 Å². The Labute approximate surface area is 128 Å². The van der Waals surface area contributed by atoms with Crippen molar-refractivity contribution in [3.05, 3.63) is 35.1 Å². The van der Waals surface area contributed by atoms with Gasteiger partial charge in [0.2, 0.25) is 5.91 Å². The molecule has 3 rings (SSSR count). The predicted octanol–water partition coefficient (Wildman–Crippen LogP) is 2.82. The third-order valence-corrected chi connectivity index (χ3v) is 4.89. The molecule has 1 fully saturated rings. The lowest BCUT2D eigenvalue weighted by atomic mass is 9.81. The van der Waals surface area contributed by atoms with Crippen LogP contribution in [0.1, 0.15) is 49.3 Å². The molecule has 22 heavy (non-hydrogen) atoms. The number of carboxylic acids is 1. The Bertz CT molecular complexity index is 602. The lowest BCUT2D eigenvalue weighted by molar-refractivity contribution is -0.144. The van der Waals surface area contributed by atoms with E-state index in [-0.39, 0.29) is 23.7 Å². The summed E-state index contributed by atoms with van der Waals surface area (Å²) in [7, 11) is 0. The zero-order valence-electron chi connectivity index (χ0n) is 12.3. The maximum atomic E-state index is 13.2. The number of aliphatic carboxylic acids is 1. The number of rotatable bonds is 3. The van der Waals surface area contributed by atoms with E-state index in [0.29, 0.717) is 12.8 Å². The molecule has 0 aliphatic heterocycles. The molecule has 1 saturated carbocycles. The molecule has 5 heteroatoms. The van der Waals surface area contributed by atoms with Gasteiger partial charge in [-0.05, 0) is 55.4 Å². The van der Waals surface area contributed by atoms with Crippen molar-refractivity contribution in [2.75, 3.05) is 0 Å². The monoisotopic (exact) mass is 305 g/mol. The van der Waals surface area contributed by atoms with E-state index in [9.17, 15) is 14.0 Å². The Morgan fingerprint density at radius 2 is 1.95 bits per heavy atom. The van der Waals surface area contributed by atoms with Crippen LogP contribution in [0.25, 0.3) is 0 Å². The number of carbonyl (C=O) groups is 2. The smallest absolute Gasteiger partial charge is 0.306 e. The number of aryl methyl sites for hydroxylation is 1. The number of amides is 1. The van der Waals surface area contributed by atoms with Gasteiger partial charge in [0.05, 0.1) is 12.0 Å². The van der Waals surface area contributed by atoms with E-state index in [1.807, 2.05) is 0 Å². The van der Waals surface area contributed by atoms with Crippen LogP contribution in [0.3, 0.4) is 0 Å². The van der Waals surface area contributed by atoms with Crippen LogP contribution in [0.2, 0.25) is 0 Å². The topological polar surface area (TPSA) is 66.4 Å². The van der Waals surface area contributed by atoms with Crippen LogP contribution in [-0.2, 0) is 16.0 Å². The van der Waals surface area contributed by atoms with E-state index in [0.717, 1.165) is 36.8 Å². The molecule has 0 saturated heterocycles. The van der Waals surface area contributed by atoms with Crippen LogP contribution in [0.4, 0.5) is 4.39 Å². The summed E-state index contributed by atoms with van der Waals surface area (Å²) in [6.07, 6.45) is 4.15. The number of carboxylic acid groups (broad SMARTS) is 1. The number of benzene rings is 1. The first-order valence-corrected chi connectivity index (χ1v) is 7.86. The van der Waals surface area contributed by atoms with Crippen molar-refractivity contribution in [3.8, 4) is 0 Å². The van der Waals surface area contributed by atoms with Gasteiger partial charge in [-0.2, -0.15) is 0 Å². The van der Waals surface area contributed by atoms with Gasteiger partial charge in [-0.15, -0.1) is 0 Å². The molecule has 2 aliphatic carbocycles. The fraction of sp³-hybridized carbons (Fsp3) is 0.529. The Morgan fingerprint density at radius 1 is 1.18 bits per heavy atom. The van der Waals surface area contributed by atoms with Gasteiger partial charge < -0.3 is 10.4 Å². The molecule has 3 unspecified atom stereocenters. The maximum Gasteiger partial charge on any atom is 0.306 e. The third kappa shape index (κ3) is 2.98. The SMILES string of the molecule is O=C(O)C1CCCC(C(=O)NC2CCc3cc(F)ccc32)C1. The number of fused-ring (bicyclic) bond motifs is 1. The summed E-state index contributed by atoms with van der Waals surface area (Å²) in [5.41, 5.74) is 1.94. The average molecular weight is 305 g/mol. The Hall–Kier alpha value is -1.91. The minimum atomic E-state index is -0.806. The third-order valence-electron chi connectivity index (χ3n) is 4.89. The van der Waals surface area contributed by atoms with Crippen molar-refractivity contribution >= 4 is 11.9 Å². The van der Waals surface area contributed by atoms with Crippen LogP contribution in [0, 0.1) is 17.7 Å². The largest absolute Gasteiger partial charge is 0.481 e. The highest BCUT2D eigenvalue weighted by molar-refractivity contribution is 5.80. The molecule has 2 aliphatic rings. The summed E-state index contributed by atoms with van der Waals surface area (Å²) < 4.78 is 13.2. The van der Waals surface area contributed by atoms with E-state index in [4.69, 9.17) is 5.11 Å². The molecule has 118 valence electrons. The van der Waals surface area contributed by atoms with E-state index >= 15 is 0 Å². The van der Waals surface area contributed by atoms with Gasteiger partial charge in [-0.3, -0.25) is 9.59 Å². The van der Waals surface area contributed by atoms with Gasteiger partial charge in [0, 0.05) is 5.92 Å².